The van der Waals surface area contributed by atoms with Gasteiger partial charge in [-0.15, -0.1) is 0 Å². The van der Waals surface area contributed by atoms with Crippen molar-refractivity contribution in [3.8, 4) is 0 Å². The fourth-order valence-corrected chi connectivity index (χ4v) is 2.76. The van der Waals surface area contributed by atoms with Gasteiger partial charge in [-0.25, -0.2) is 9.37 Å². The van der Waals surface area contributed by atoms with Gasteiger partial charge in [0.05, 0.1) is 12.6 Å². The number of carbonyl (C=O) groups is 1. The van der Waals surface area contributed by atoms with Crippen LogP contribution in [-0.4, -0.2) is 73.1 Å². The molecule has 0 unspecified atom stereocenters. The Morgan fingerprint density at radius 1 is 1.42 bits per heavy atom. The molecule has 6 nitrogen and oxygen atoms in total. The van der Waals surface area contributed by atoms with Crippen molar-refractivity contribution in [3.05, 3.63) is 12.3 Å². The van der Waals surface area contributed by atoms with Crippen LogP contribution in [0.15, 0.2) is 12.3 Å². The standard InChI is InChI=1S/C15H22F3N5O/c1-15(17,18)13(24)22(4)9-11-7-10(16)8-23(11)12-5-6-19-14(20-12)21(2)3/h5-6,10-11H,7-9H2,1-4H3/t10-,11-/m0/s1. The molecular formula is C15H22F3N5O. The quantitative estimate of drug-likeness (QED) is 0.811. The number of aromatic nitrogens is 2. The molecule has 1 aliphatic rings. The summed E-state index contributed by atoms with van der Waals surface area (Å²) in [4.78, 5) is 24.5. The van der Waals surface area contributed by atoms with Crippen molar-refractivity contribution < 1.29 is 18.0 Å². The number of anilines is 2. The summed E-state index contributed by atoms with van der Waals surface area (Å²) in [5.41, 5.74) is 0. The molecule has 2 rings (SSSR count). The Hall–Kier alpha value is -2.06. The van der Waals surface area contributed by atoms with Crippen molar-refractivity contribution in [2.75, 3.05) is 44.0 Å². The zero-order chi connectivity index (χ0) is 18.1. The van der Waals surface area contributed by atoms with Crippen molar-refractivity contribution in [1.29, 1.82) is 0 Å². The van der Waals surface area contributed by atoms with Crippen molar-refractivity contribution in [2.45, 2.75) is 31.5 Å². The highest BCUT2D eigenvalue weighted by Crippen LogP contribution is 2.27. The second kappa shape index (κ2) is 6.82. The smallest absolute Gasteiger partial charge is 0.322 e. The third kappa shape index (κ3) is 4.07. The number of halogens is 3. The second-order valence-electron chi connectivity index (χ2n) is 6.32. The SMILES string of the molecule is CN(C[C@@H]1C[C@H](F)CN1c1ccnc(N(C)C)n1)C(=O)C(C)(F)F. The van der Waals surface area contributed by atoms with E-state index in [1.165, 1.54) is 7.05 Å². The Bertz CT molecular complexity index is 593. The molecule has 1 saturated heterocycles. The van der Waals surface area contributed by atoms with Gasteiger partial charge in [-0.3, -0.25) is 4.79 Å². The molecule has 1 aliphatic heterocycles. The van der Waals surface area contributed by atoms with Gasteiger partial charge in [-0.05, 0) is 6.07 Å². The summed E-state index contributed by atoms with van der Waals surface area (Å²) < 4.78 is 40.3. The maximum Gasteiger partial charge on any atom is 0.322 e. The van der Waals surface area contributed by atoms with Crippen LogP contribution in [0.5, 0.6) is 0 Å². The highest BCUT2D eigenvalue weighted by atomic mass is 19.3. The van der Waals surface area contributed by atoms with E-state index >= 15 is 0 Å². The zero-order valence-corrected chi connectivity index (χ0v) is 14.2. The molecule has 0 saturated carbocycles. The second-order valence-corrected chi connectivity index (χ2v) is 6.32. The van der Waals surface area contributed by atoms with Crippen LogP contribution in [0.3, 0.4) is 0 Å². The lowest BCUT2D eigenvalue weighted by atomic mass is 10.2. The number of alkyl halides is 3. The number of hydrogen-bond donors (Lipinski definition) is 0. The maximum absolute atomic E-state index is 13.9. The van der Waals surface area contributed by atoms with E-state index in [0.29, 0.717) is 18.7 Å². The predicted molar refractivity (Wildman–Crippen MR) is 85.3 cm³/mol. The molecule has 0 radical (unpaired) electrons. The number of rotatable bonds is 5. The van der Waals surface area contributed by atoms with Gasteiger partial charge in [0.15, 0.2) is 0 Å². The van der Waals surface area contributed by atoms with Crippen LogP contribution < -0.4 is 9.80 Å². The summed E-state index contributed by atoms with van der Waals surface area (Å²) >= 11 is 0. The van der Waals surface area contributed by atoms with E-state index in [0.717, 1.165) is 4.90 Å². The van der Waals surface area contributed by atoms with Crippen molar-refractivity contribution in [3.63, 3.8) is 0 Å². The van der Waals surface area contributed by atoms with Gasteiger partial charge in [0.25, 0.3) is 5.91 Å². The van der Waals surface area contributed by atoms with Crippen LogP contribution in [0.2, 0.25) is 0 Å². The number of likely N-dealkylation sites (N-methyl/N-ethyl adjacent to an activating group) is 1. The Kier molecular flexibility index (Phi) is 5.19. The highest BCUT2D eigenvalue weighted by molar-refractivity contribution is 5.82. The van der Waals surface area contributed by atoms with Crippen LogP contribution >= 0.6 is 0 Å². The molecule has 2 atom stereocenters. The van der Waals surface area contributed by atoms with E-state index in [9.17, 15) is 18.0 Å². The third-order valence-electron chi connectivity index (χ3n) is 3.89. The number of nitrogens with zero attached hydrogens (tertiary/aromatic N) is 5. The van der Waals surface area contributed by atoms with Gasteiger partial charge in [0, 0.05) is 47.2 Å². The van der Waals surface area contributed by atoms with E-state index < -0.39 is 24.0 Å². The van der Waals surface area contributed by atoms with Crippen LogP contribution in [-0.2, 0) is 4.79 Å². The molecule has 0 bridgehead atoms. The van der Waals surface area contributed by atoms with Crippen molar-refractivity contribution in [2.24, 2.45) is 0 Å². The highest BCUT2D eigenvalue weighted by Gasteiger charge is 2.39. The molecule has 2 heterocycles. The molecule has 9 heteroatoms. The fraction of sp³-hybridized carbons (Fsp3) is 0.667. The van der Waals surface area contributed by atoms with Crippen LogP contribution in [0.4, 0.5) is 24.9 Å². The van der Waals surface area contributed by atoms with Crippen molar-refractivity contribution >= 4 is 17.7 Å². The molecule has 1 aromatic heterocycles. The Labute approximate surface area is 139 Å². The zero-order valence-electron chi connectivity index (χ0n) is 14.2. The first-order valence-corrected chi connectivity index (χ1v) is 7.64. The molecule has 1 amide bonds. The van der Waals surface area contributed by atoms with Gasteiger partial charge in [0.1, 0.15) is 12.0 Å². The maximum atomic E-state index is 13.9. The first kappa shape index (κ1) is 18.3. The minimum Gasteiger partial charge on any atom is -0.349 e. The normalized spacial score (nSPS) is 21.0. The summed E-state index contributed by atoms with van der Waals surface area (Å²) in [5, 5.41) is 0. The lowest BCUT2D eigenvalue weighted by molar-refractivity contribution is -0.153. The molecule has 1 fully saturated rings. The molecule has 134 valence electrons. The van der Waals surface area contributed by atoms with E-state index in [4.69, 9.17) is 0 Å². The molecule has 0 spiro atoms. The van der Waals surface area contributed by atoms with Crippen LogP contribution in [0.25, 0.3) is 0 Å². The monoisotopic (exact) mass is 345 g/mol. The van der Waals surface area contributed by atoms with Gasteiger partial charge in [-0.2, -0.15) is 13.8 Å². The molecule has 0 aromatic carbocycles. The summed E-state index contributed by atoms with van der Waals surface area (Å²) in [7, 11) is 4.87. The number of hydrogen-bond acceptors (Lipinski definition) is 5. The lowest BCUT2D eigenvalue weighted by Crippen LogP contribution is -2.46. The summed E-state index contributed by atoms with van der Waals surface area (Å²) in [6.07, 6.45) is 0.627. The fourth-order valence-electron chi connectivity index (χ4n) is 2.76. The van der Waals surface area contributed by atoms with E-state index in [1.807, 2.05) is 0 Å². The topological polar surface area (TPSA) is 52.6 Å². The lowest BCUT2D eigenvalue weighted by Gasteiger charge is -2.30. The molecular weight excluding hydrogens is 323 g/mol. The molecule has 24 heavy (non-hydrogen) atoms. The average Bonchev–Trinajstić information content (AvgIpc) is 2.86. The van der Waals surface area contributed by atoms with Gasteiger partial charge < -0.3 is 14.7 Å². The van der Waals surface area contributed by atoms with E-state index in [2.05, 4.69) is 9.97 Å². The largest absolute Gasteiger partial charge is 0.349 e. The summed E-state index contributed by atoms with van der Waals surface area (Å²) in [5.74, 6) is -3.73. The number of amides is 1. The van der Waals surface area contributed by atoms with E-state index in [1.54, 1.807) is 36.2 Å². The Balaban J connectivity index is 2.17. The average molecular weight is 345 g/mol. The first-order chi connectivity index (χ1) is 11.1. The number of carbonyl (C=O) groups excluding carboxylic acids is 1. The van der Waals surface area contributed by atoms with Crippen LogP contribution in [0, 0.1) is 0 Å². The minimum absolute atomic E-state index is 0.00395. The van der Waals surface area contributed by atoms with Gasteiger partial charge in [-0.1, -0.05) is 0 Å². The summed E-state index contributed by atoms with van der Waals surface area (Å²) in [6, 6.07) is 1.23. The predicted octanol–water partition coefficient (Wildman–Crippen LogP) is 1.57. The van der Waals surface area contributed by atoms with Gasteiger partial charge >= 0.3 is 5.92 Å². The van der Waals surface area contributed by atoms with E-state index in [-0.39, 0.29) is 19.5 Å². The van der Waals surface area contributed by atoms with Crippen LogP contribution in [0.1, 0.15) is 13.3 Å². The minimum atomic E-state index is -3.44. The molecule has 0 aliphatic carbocycles. The molecule has 1 aromatic rings. The Morgan fingerprint density at radius 2 is 2.08 bits per heavy atom. The Morgan fingerprint density at radius 3 is 2.67 bits per heavy atom. The first-order valence-electron chi connectivity index (χ1n) is 7.64. The van der Waals surface area contributed by atoms with Gasteiger partial charge in [0.2, 0.25) is 5.95 Å². The van der Waals surface area contributed by atoms with Crippen molar-refractivity contribution in [1.82, 2.24) is 14.9 Å². The summed E-state index contributed by atoms with van der Waals surface area (Å²) in [6.45, 7) is 0.674. The molecule has 0 N–H and O–H groups in total. The third-order valence-corrected chi connectivity index (χ3v) is 3.89.